The molecule has 0 unspecified atom stereocenters. The van der Waals surface area contributed by atoms with Crippen LogP contribution in [-0.4, -0.2) is 59.0 Å². The van der Waals surface area contributed by atoms with Gasteiger partial charge in [0.15, 0.2) is 17.0 Å². The number of anilines is 1. The molecule has 2 aromatic rings. The van der Waals surface area contributed by atoms with Crippen LogP contribution in [0.15, 0.2) is 30.3 Å². The van der Waals surface area contributed by atoms with Gasteiger partial charge in [0.25, 0.3) is 5.91 Å². The monoisotopic (exact) mass is 648 g/mol. The maximum Gasteiger partial charge on any atom is 0.418 e. The highest BCUT2D eigenvalue weighted by molar-refractivity contribution is 8.00. The maximum absolute atomic E-state index is 14.0. The number of carbonyl (C=O) groups is 3. The molecule has 44 heavy (non-hydrogen) atoms. The molecule has 2 aromatic carbocycles. The molecule has 1 saturated heterocycles. The molecule has 2 amide bonds. The van der Waals surface area contributed by atoms with Gasteiger partial charge < -0.3 is 26.0 Å². The van der Waals surface area contributed by atoms with Gasteiger partial charge in [0.2, 0.25) is 5.91 Å². The normalized spacial score (nSPS) is 16.5. The van der Waals surface area contributed by atoms with Gasteiger partial charge in [-0.15, -0.1) is 11.8 Å². The zero-order chi connectivity index (χ0) is 32.8. The first kappa shape index (κ1) is 35.0. The number of carbonyl (C=O) groups excluding carboxylic acids is 3. The van der Waals surface area contributed by atoms with Gasteiger partial charge in [-0.05, 0) is 48.6 Å². The molecular formula is C29H34F6N4O4S. The third kappa shape index (κ3) is 9.03. The quantitative estimate of drug-likeness (QED) is 0.175. The Morgan fingerprint density at radius 3 is 2.41 bits per heavy atom. The Morgan fingerprint density at radius 1 is 1.09 bits per heavy atom. The van der Waals surface area contributed by atoms with Crippen molar-refractivity contribution in [1.29, 1.82) is 0 Å². The van der Waals surface area contributed by atoms with Crippen molar-refractivity contribution in [2.24, 2.45) is 11.7 Å². The number of nitrogens with one attached hydrogen (secondary N) is 2. The molecule has 8 nitrogen and oxygen atoms in total. The van der Waals surface area contributed by atoms with Crippen molar-refractivity contribution in [1.82, 2.24) is 10.2 Å². The summed E-state index contributed by atoms with van der Waals surface area (Å²) in [5, 5.41) is 4.22. The Balaban J connectivity index is 1.65. The van der Waals surface area contributed by atoms with E-state index < -0.39 is 64.4 Å². The number of rotatable bonds is 12. The van der Waals surface area contributed by atoms with Crippen molar-refractivity contribution < 1.29 is 45.5 Å². The van der Waals surface area contributed by atoms with Gasteiger partial charge in [0.05, 0.1) is 12.2 Å². The van der Waals surface area contributed by atoms with Crippen molar-refractivity contribution >= 4 is 35.2 Å². The summed E-state index contributed by atoms with van der Waals surface area (Å²) in [6, 6.07) is 2.51. The van der Waals surface area contributed by atoms with Gasteiger partial charge in [0.1, 0.15) is 11.9 Å². The molecule has 0 bridgehead atoms. The van der Waals surface area contributed by atoms with Crippen LogP contribution in [0.25, 0.3) is 0 Å². The van der Waals surface area contributed by atoms with Crippen LogP contribution in [0.4, 0.5) is 32.0 Å². The van der Waals surface area contributed by atoms with Crippen LogP contribution >= 0.6 is 11.8 Å². The molecule has 3 atom stereocenters. The number of esters is 1. The predicted molar refractivity (Wildman–Crippen MR) is 153 cm³/mol. The van der Waals surface area contributed by atoms with Crippen LogP contribution in [0.3, 0.4) is 0 Å². The summed E-state index contributed by atoms with van der Waals surface area (Å²) in [5.41, 5.74) is 4.55. The molecule has 0 saturated carbocycles. The fourth-order valence-electron chi connectivity index (χ4n) is 4.59. The van der Waals surface area contributed by atoms with Gasteiger partial charge in [0, 0.05) is 43.1 Å². The Hall–Kier alpha value is -3.46. The van der Waals surface area contributed by atoms with Crippen molar-refractivity contribution in [3.05, 3.63) is 64.5 Å². The van der Waals surface area contributed by atoms with Gasteiger partial charge in [-0.1, -0.05) is 19.9 Å². The SMILES string of the molecule is CCOC(=O)[C@H](Nc1ccc(CNC(=O)[C@@H]2SCCN2C(=O)C[C@H](N)Cc2cc(F)c(F)cc2F)cc1C(F)(F)F)C(C)C. The number of amides is 2. The van der Waals surface area contributed by atoms with E-state index in [0.717, 1.165) is 17.8 Å². The number of benzene rings is 2. The van der Waals surface area contributed by atoms with Gasteiger partial charge in [-0.25, -0.2) is 18.0 Å². The largest absolute Gasteiger partial charge is 0.464 e. The molecule has 0 aromatic heterocycles. The molecule has 3 rings (SSSR count). The number of nitrogens with zero attached hydrogens (tertiary/aromatic N) is 1. The van der Waals surface area contributed by atoms with E-state index in [4.69, 9.17) is 10.5 Å². The second-order valence-electron chi connectivity index (χ2n) is 10.5. The molecule has 242 valence electrons. The lowest BCUT2D eigenvalue weighted by atomic mass is 10.0. The van der Waals surface area contributed by atoms with E-state index in [9.17, 15) is 40.7 Å². The maximum atomic E-state index is 14.0. The van der Waals surface area contributed by atoms with E-state index in [1.54, 1.807) is 20.8 Å². The van der Waals surface area contributed by atoms with Crippen LogP contribution in [0.2, 0.25) is 0 Å². The van der Waals surface area contributed by atoms with E-state index in [2.05, 4.69) is 10.6 Å². The number of hydrogen-bond acceptors (Lipinski definition) is 7. The van der Waals surface area contributed by atoms with Crippen LogP contribution in [0.5, 0.6) is 0 Å². The third-order valence-electron chi connectivity index (χ3n) is 6.82. The van der Waals surface area contributed by atoms with Gasteiger partial charge in [-0.3, -0.25) is 9.59 Å². The number of hydrogen-bond donors (Lipinski definition) is 3. The minimum Gasteiger partial charge on any atom is -0.464 e. The van der Waals surface area contributed by atoms with E-state index in [1.807, 2.05) is 0 Å². The van der Waals surface area contributed by atoms with E-state index >= 15 is 0 Å². The lowest BCUT2D eigenvalue weighted by molar-refractivity contribution is -0.145. The zero-order valence-corrected chi connectivity index (χ0v) is 25.1. The molecule has 1 heterocycles. The van der Waals surface area contributed by atoms with Gasteiger partial charge in [-0.2, -0.15) is 13.2 Å². The Kier molecular flexibility index (Phi) is 12.0. The number of thioether (sulfide) groups is 1. The van der Waals surface area contributed by atoms with Crippen molar-refractivity contribution in [2.45, 2.75) is 63.8 Å². The summed E-state index contributed by atoms with van der Waals surface area (Å²) >= 11 is 1.15. The highest BCUT2D eigenvalue weighted by atomic mass is 32.2. The highest BCUT2D eigenvalue weighted by Gasteiger charge is 2.37. The second-order valence-corrected chi connectivity index (χ2v) is 11.7. The molecule has 1 aliphatic rings. The minimum atomic E-state index is -4.77. The number of alkyl halides is 3. The van der Waals surface area contributed by atoms with E-state index in [1.165, 1.54) is 17.0 Å². The average molecular weight is 649 g/mol. The summed E-state index contributed by atoms with van der Waals surface area (Å²) in [6.07, 6.45) is -5.34. The standard InChI is InChI=1S/C29H34F6N4O4S/c1-4-43-28(42)25(15(2)3)38-23-6-5-16(9-19(23)29(33,34)35)14-37-26(41)27-39(7-8-44-27)24(40)12-18(36)10-17-11-21(31)22(32)13-20(17)30/h5-6,9,11,13,15,18,25,27,38H,4,7-8,10,12,14,36H2,1-3H3,(H,37,41)/t18-,25-,27+/m1/s1. The Morgan fingerprint density at radius 2 is 1.77 bits per heavy atom. The summed E-state index contributed by atoms with van der Waals surface area (Å²) in [7, 11) is 0. The first-order chi connectivity index (χ1) is 20.6. The molecule has 0 spiro atoms. The predicted octanol–water partition coefficient (Wildman–Crippen LogP) is 4.60. The van der Waals surface area contributed by atoms with Gasteiger partial charge >= 0.3 is 12.1 Å². The zero-order valence-electron chi connectivity index (χ0n) is 24.3. The van der Waals surface area contributed by atoms with Crippen molar-refractivity contribution in [3.8, 4) is 0 Å². The lowest BCUT2D eigenvalue weighted by Crippen LogP contribution is -2.46. The minimum absolute atomic E-state index is 0.0702. The molecule has 1 aliphatic heterocycles. The molecule has 1 fully saturated rings. The number of halogens is 6. The fraction of sp³-hybridized carbons (Fsp3) is 0.483. The van der Waals surface area contributed by atoms with Crippen LogP contribution in [-0.2, 0) is 38.3 Å². The fourth-order valence-corrected chi connectivity index (χ4v) is 5.76. The second kappa shape index (κ2) is 15.0. The molecule has 0 radical (unpaired) electrons. The third-order valence-corrected chi connectivity index (χ3v) is 8.02. The van der Waals surface area contributed by atoms with Crippen molar-refractivity contribution in [3.63, 3.8) is 0 Å². The number of nitrogens with two attached hydrogens (primary N) is 1. The first-order valence-electron chi connectivity index (χ1n) is 13.8. The lowest BCUT2D eigenvalue weighted by Gasteiger charge is -2.25. The van der Waals surface area contributed by atoms with E-state index in [0.29, 0.717) is 17.9 Å². The topological polar surface area (TPSA) is 114 Å². The Bertz CT molecular complexity index is 1360. The summed E-state index contributed by atoms with van der Waals surface area (Å²) < 4.78 is 87.5. The first-order valence-corrected chi connectivity index (χ1v) is 14.9. The molecular weight excluding hydrogens is 614 g/mol. The number of ether oxygens (including phenoxy) is 1. The average Bonchev–Trinajstić information content (AvgIpc) is 3.43. The summed E-state index contributed by atoms with van der Waals surface area (Å²) in [5.74, 6) is -5.39. The molecule has 15 heteroatoms. The molecule has 0 aliphatic carbocycles. The highest BCUT2D eigenvalue weighted by Crippen LogP contribution is 2.36. The summed E-state index contributed by atoms with van der Waals surface area (Å²) in [4.78, 5) is 39.4. The van der Waals surface area contributed by atoms with E-state index in [-0.39, 0.29) is 55.3 Å². The summed E-state index contributed by atoms with van der Waals surface area (Å²) in [6.45, 7) is 4.92. The van der Waals surface area contributed by atoms with Crippen molar-refractivity contribution in [2.75, 3.05) is 24.2 Å². The van der Waals surface area contributed by atoms with Crippen LogP contribution in [0.1, 0.15) is 43.9 Å². The molecule has 4 N–H and O–H groups in total. The smallest absolute Gasteiger partial charge is 0.418 e. The van der Waals surface area contributed by atoms with Crippen LogP contribution < -0.4 is 16.4 Å². The Labute approximate surface area is 255 Å². The van der Waals surface area contributed by atoms with Crippen LogP contribution in [0, 0.1) is 23.4 Å².